The summed E-state index contributed by atoms with van der Waals surface area (Å²) < 4.78 is 5.48. The highest BCUT2D eigenvalue weighted by Gasteiger charge is 2.31. The smallest absolute Gasteiger partial charge is 0.123 e. The minimum Gasteiger partial charge on any atom is -0.496 e. The molecule has 1 aromatic carbocycles. The summed E-state index contributed by atoms with van der Waals surface area (Å²) >= 11 is 0. The minimum absolute atomic E-state index is 0.0941. The van der Waals surface area contributed by atoms with Gasteiger partial charge in [0.05, 0.1) is 7.11 Å². The molecule has 0 aromatic heterocycles. The van der Waals surface area contributed by atoms with Crippen molar-refractivity contribution in [3.63, 3.8) is 0 Å². The monoisotopic (exact) mass is 278 g/mol. The van der Waals surface area contributed by atoms with Crippen LogP contribution in [0.3, 0.4) is 0 Å². The lowest BCUT2D eigenvalue weighted by Gasteiger charge is -2.42. The van der Waals surface area contributed by atoms with Crippen LogP contribution in [0.1, 0.15) is 45.6 Å². The van der Waals surface area contributed by atoms with Gasteiger partial charge in [0.2, 0.25) is 0 Å². The maximum Gasteiger partial charge on any atom is 0.123 e. The lowest BCUT2D eigenvalue weighted by atomic mass is 9.89. The van der Waals surface area contributed by atoms with Crippen LogP contribution < -0.4 is 10.5 Å². The van der Waals surface area contributed by atoms with E-state index in [1.807, 2.05) is 12.1 Å². The summed E-state index contributed by atoms with van der Waals surface area (Å²) in [5.41, 5.74) is 7.44. The average molecular weight is 278 g/mol. The van der Waals surface area contributed by atoms with Crippen molar-refractivity contribution in [2.75, 3.05) is 20.2 Å². The number of ether oxygens (including phenoxy) is 1. The van der Waals surface area contributed by atoms with Crippen molar-refractivity contribution >= 4 is 0 Å². The Morgan fingerprint density at radius 3 is 2.30 bits per heavy atom. The Hall–Kier alpha value is -1.06. The number of nitrogens with two attached hydrogens (primary N) is 1. The number of methoxy groups -OCH3 is 1. The van der Waals surface area contributed by atoms with Crippen LogP contribution in [-0.4, -0.2) is 30.6 Å². The zero-order valence-corrected chi connectivity index (χ0v) is 13.5. The van der Waals surface area contributed by atoms with Gasteiger partial charge in [-0.15, -0.1) is 0 Å². The molecule has 0 saturated heterocycles. The molecular weight excluding hydrogens is 248 g/mol. The fourth-order valence-electron chi connectivity index (χ4n) is 2.91. The van der Waals surface area contributed by atoms with Crippen LogP contribution in [0.5, 0.6) is 5.75 Å². The number of rotatable bonds is 9. The summed E-state index contributed by atoms with van der Waals surface area (Å²) in [4.78, 5) is 2.53. The fraction of sp³-hybridized carbons (Fsp3) is 0.647. The van der Waals surface area contributed by atoms with Crippen LogP contribution in [0.15, 0.2) is 24.3 Å². The molecule has 1 rings (SSSR count). The van der Waals surface area contributed by atoms with E-state index in [1.165, 1.54) is 5.56 Å². The van der Waals surface area contributed by atoms with Crippen molar-refractivity contribution in [3.05, 3.63) is 29.8 Å². The van der Waals surface area contributed by atoms with E-state index in [4.69, 9.17) is 10.5 Å². The second-order valence-corrected chi connectivity index (χ2v) is 5.37. The first-order valence-corrected chi connectivity index (χ1v) is 7.74. The van der Waals surface area contributed by atoms with Crippen molar-refractivity contribution < 1.29 is 4.74 Å². The highest BCUT2D eigenvalue weighted by atomic mass is 16.5. The van der Waals surface area contributed by atoms with Crippen LogP contribution in [0.2, 0.25) is 0 Å². The van der Waals surface area contributed by atoms with Gasteiger partial charge in [-0.25, -0.2) is 0 Å². The molecule has 0 fully saturated rings. The molecular formula is C17H30N2O. The average Bonchev–Trinajstić information content (AvgIpc) is 2.50. The van der Waals surface area contributed by atoms with Gasteiger partial charge in [0.15, 0.2) is 0 Å². The molecule has 0 saturated carbocycles. The largest absolute Gasteiger partial charge is 0.496 e. The summed E-state index contributed by atoms with van der Waals surface area (Å²) in [5, 5.41) is 0. The molecule has 0 aliphatic rings. The molecule has 3 heteroatoms. The molecule has 0 amide bonds. The van der Waals surface area contributed by atoms with Gasteiger partial charge in [0.25, 0.3) is 0 Å². The van der Waals surface area contributed by atoms with Crippen molar-refractivity contribution in [3.8, 4) is 5.75 Å². The number of benzene rings is 1. The van der Waals surface area contributed by atoms with Gasteiger partial charge in [0, 0.05) is 24.2 Å². The van der Waals surface area contributed by atoms with E-state index < -0.39 is 0 Å². The number of hydrogen-bond donors (Lipinski definition) is 1. The van der Waals surface area contributed by atoms with E-state index in [1.54, 1.807) is 7.11 Å². The Morgan fingerprint density at radius 2 is 1.80 bits per heavy atom. The van der Waals surface area contributed by atoms with E-state index in [2.05, 4.69) is 37.8 Å². The minimum atomic E-state index is 0.0941. The van der Waals surface area contributed by atoms with Crippen LogP contribution in [0.25, 0.3) is 0 Å². The second kappa shape index (κ2) is 8.28. The first-order chi connectivity index (χ1) is 9.67. The van der Waals surface area contributed by atoms with Crippen LogP contribution in [-0.2, 0) is 6.54 Å². The molecule has 0 atom stereocenters. The van der Waals surface area contributed by atoms with Crippen molar-refractivity contribution in [2.45, 2.75) is 52.1 Å². The van der Waals surface area contributed by atoms with Crippen LogP contribution >= 0.6 is 0 Å². The Labute approximate surface area is 124 Å². The molecule has 0 aliphatic carbocycles. The third-order valence-corrected chi connectivity index (χ3v) is 4.41. The Balaban J connectivity index is 3.02. The molecule has 0 radical (unpaired) electrons. The van der Waals surface area contributed by atoms with Crippen molar-refractivity contribution in [1.29, 1.82) is 0 Å². The van der Waals surface area contributed by atoms with Gasteiger partial charge in [-0.1, -0.05) is 39.0 Å². The van der Waals surface area contributed by atoms with Gasteiger partial charge < -0.3 is 10.5 Å². The molecule has 1 aromatic rings. The SMILES string of the molecule is CCCN(Cc1ccccc1OC)C(CC)(CC)CN. The predicted octanol–water partition coefficient (Wildman–Crippen LogP) is 3.42. The zero-order valence-electron chi connectivity index (χ0n) is 13.5. The van der Waals surface area contributed by atoms with Crippen molar-refractivity contribution in [2.24, 2.45) is 5.73 Å². The maximum atomic E-state index is 6.11. The molecule has 0 spiro atoms. The summed E-state index contributed by atoms with van der Waals surface area (Å²) in [7, 11) is 1.73. The molecule has 114 valence electrons. The topological polar surface area (TPSA) is 38.5 Å². The van der Waals surface area contributed by atoms with Crippen LogP contribution in [0, 0.1) is 0 Å². The van der Waals surface area contributed by atoms with E-state index in [0.717, 1.165) is 38.1 Å². The molecule has 0 unspecified atom stereocenters. The molecule has 3 nitrogen and oxygen atoms in total. The summed E-state index contributed by atoms with van der Waals surface area (Å²) in [6, 6.07) is 8.27. The zero-order chi connectivity index (χ0) is 15.0. The normalized spacial score (nSPS) is 11.9. The molecule has 0 aliphatic heterocycles. The fourth-order valence-corrected chi connectivity index (χ4v) is 2.91. The van der Waals surface area contributed by atoms with Gasteiger partial charge >= 0.3 is 0 Å². The first-order valence-electron chi connectivity index (χ1n) is 7.74. The van der Waals surface area contributed by atoms with E-state index in [0.29, 0.717) is 6.54 Å². The Bertz CT molecular complexity index is 380. The maximum absolute atomic E-state index is 6.11. The van der Waals surface area contributed by atoms with Gasteiger partial charge in [-0.05, 0) is 31.9 Å². The molecule has 0 bridgehead atoms. The number of nitrogens with zero attached hydrogens (tertiary/aromatic N) is 1. The standard InChI is InChI=1S/C17H30N2O/c1-5-12-19(17(6-2,7-3)14-18)13-15-10-8-9-11-16(15)20-4/h8-11H,5-7,12-14,18H2,1-4H3. The van der Waals surface area contributed by atoms with Gasteiger partial charge in [0.1, 0.15) is 5.75 Å². The Morgan fingerprint density at radius 1 is 1.15 bits per heavy atom. The number of hydrogen-bond acceptors (Lipinski definition) is 3. The van der Waals surface area contributed by atoms with E-state index in [-0.39, 0.29) is 5.54 Å². The summed E-state index contributed by atoms with van der Waals surface area (Å²) in [6.07, 6.45) is 3.29. The lowest BCUT2D eigenvalue weighted by Crippen LogP contribution is -2.53. The third kappa shape index (κ3) is 3.74. The highest BCUT2D eigenvalue weighted by molar-refractivity contribution is 5.33. The number of para-hydroxylation sites is 1. The molecule has 2 N–H and O–H groups in total. The lowest BCUT2D eigenvalue weighted by molar-refractivity contribution is 0.0758. The predicted molar refractivity (Wildman–Crippen MR) is 86.1 cm³/mol. The highest BCUT2D eigenvalue weighted by Crippen LogP contribution is 2.28. The van der Waals surface area contributed by atoms with Gasteiger partial charge in [-0.3, -0.25) is 4.90 Å². The quantitative estimate of drug-likeness (QED) is 0.752. The van der Waals surface area contributed by atoms with Crippen LogP contribution in [0.4, 0.5) is 0 Å². The molecule has 20 heavy (non-hydrogen) atoms. The summed E-state index contributed by atoms with van der Waals surface area (Å²) in [6.45, 7) is 9.37. The summed E-state index contributed by atoms with van der Waals surface area (Å²) in [5.74, 6) is 0.965. The first kappa shape index (κ1) is 17.0. The van der Waals surface area contributed by atoms with Crippen molar-refractivity contribution in [1.82, 2.24) is 4.90 Å². The molecule has 0 heterocycles. The van der Waals surface area contributed by atoms with Gasteiger partial charge in [-0.2, -0.15) is 0 Å². The Kier molecular flexibility index (Phi) is 7.03. The second-order valence-electron chi connectivity index (χ2n) is 5.37. The third-order valence-electron chi connectivity index (χ3n) is 4.41. The van der Waals surface area contributed by atoms with E-state index in [9.17, 15) is 0 Å². The van der Waals surface area contributed by atoms with E-state index >= 15 is 0 Å².